The molecule has 0 atom stereocenters. The molecule has 2 aromatic rings. The summed E-state index contributed by atoms with van der Waals surface area (Å²) in [7, 11) is 0. The highest BCUT2D eigenvalue weighted by Crippen LogP contribution is 1.99. The molecular weight excluding hydrogens is 202 g/mol. The van der Waals surface area contributed by atoms with E-state index >= 15 is 0 Å². The van der Waals surface area contributed by atoms with Crippen molar-refractivity contribution in [2.45, 2.75) is 0 Å². The van der Waals surface area contributed by atoms with Gasteiger partial charge in [0.2, 0.25) is 0 Å². The summed E-state index contributed by atoms with van der Waals surface area (Å²) in [5.41, 5.74) is 7.45. The number of hydrogen-bond acceptors (Lipinski definition) is 3. The Bertz CT molecular complexity index is 486. The molecule has 1 aromatic heterocycles. The van der Waals surface area contributed by atoms with E-state index in [0.717, 1.165) is 11.1 Å². The Balaban J connectivity index is 2.08. The number of hydrogen-bond donors (Lipinski definition) is 1. The maximum absolute atomic E-state index is 5.75. The zero-order valence-electron chi connectivity index (χ0n) is 8.58. The third-order valence-electron chi connectivity index (χ3n) is 1.99. The van der Waals surface area contributed by atoms with Crippen LogP contribution in [0.25, 0.3) is 0 Å². The van der Waals surface area contributed by atoms with Crippen molar-refractivity contribution in [2.24, 2.45) is 15.9 Å². The van der Waals surface area contributed by atoms with Crippen LogP contribution in [0.15, 0.2) is 63.5 Å². The van der Waals surface area contributed by atoms with E-state index in [1.807, 2.05) is 30.3 Å². The van der Waals surface area contributed by atoms with Crippen LogP contribution in [0, 0.1) is 0 Å². The fourth-order valence-electron chi connectivity index (χ4n) is 1.17. The van der Waals surface area contributed by atoms with E-state index in [-0.39, 0.29) is 0 Å². The van der Waals surface area contributed by atoms with E-state index < -0.39 is 0 Å². The molecule has 4 heteroatoms. The molecule has 0 aliphatic carbocycles. The van der Waals surface area contributed by atoms with Crippen LogP contribution in [0.5, 0.6) is 0 Å². The molecule has 0 saturated heterocycles. The quantitative estimate of drug-likeness (QED) is 0.481. The van der Waals surface area contributed by atoms with Crippen LogP contribution in [0.3, 0.4) is 0 Å². The maximum atomic E-state index is 5.75. The predicted molar refractivity (Wildman–Crippen MR) is 63.5 cm³/mol. The normalized spacial score (nSPS) is 12.1. The highest BCUT2D eigenvalue weighted by molar-refractivity contribution is 5.97. The summed E-state index contributed by atoms with van der Waals surface area (Å²) in [5, 5.41) is 7.76. The van der Waals surface area contributed by atoms with Gasteiger partial charge >= 0.3 is 0 Å². The molecule has 0 spiro atoms. The van der Waals surface area contributed by atoms with Crippen molar-refractivity contribution < 1.29 is 4.42 Å². The van der Waals surface area contributed by atoms with Crippen LogP contribution < -0.4 is 5.73 Å². The molecule has 2 N–H and O–H groups in total. The summed E-state index contributed by atoms with van der Waals surface area (Å²) >= 11 is 0. The van der Waals surface area contributed by atoms with Gasteiger partial charge in [-0.25, -0.2) is 0 Å². The summed E-state index contributed by atoms with van der Waals surface area (Å²) in [4.78, 5) is 0. The lowest BCUT2D eigenvalue weighted by Crippen LogP contribution is -2.12. The van der Waals surface area contributed by atoms with Crippen LogP contribution in [-0.2, 0) is 0 Å². The number of furan rings is 1. The lowest BCUT2D eigenvalue weighted by atomic mass is 10.2. The summed E-state index contributed by atoms with van der Waals surface area (Å²) in [6.07, 6.45) is 4.74. The van der Waals surface area contributed by atoms with E-state index in [4.69, 9.17) is 10.2 Å². The average molecular weight is 213 g/mol. The molecule has 0 bridgehead atoms. The van der Waals surface area contributed by atoms with Gasteiger partial charge in [0, 0.05) is 11.1 Å². The van der Waals surface area contributed by atoms with E-state index in [9.17, 15) is 0 Å². The number of rotatable bonds is 3. The van der Waals surface area contributed by atoms with Crippen LogP contribution in [0.2, 0.25) is 0 Å². The molecule has 0 aliphatic rings. The van der Waals surface area contributed by atoms with Gasteiger partial charge in [0.05, 0.1) is 18.7 Å². The summed E-state index contributed by atoms with van der Waals surface area (Å²) in [6.45, 7) is 0. The Hall–Kier alpha value is -2.36. The molecular formula is C12H11N3O. The van der Waals surface area contributed by atoms with E-state index in [2.05, 4.69) is 10.2 Å². The Labute approximate surface area is 93.1 Å². The van der Waals surface area contributed by atoms with Crippen molar-refractivity contribution >= 4 is 12.1 Å². The van der Waals surface area contributed by atoms with Gasteiger partial charge in [-0.05, 0) is 6.07 Å². The molecule has 0 amide bonds. The van der Waals surface area contributed by atoms with Gasteiger partial charge in [-0.15, -0.1) is 5.10 Å². The van der Waals surface area contributed by atoms with Gasteiger partial charge in [0.15, 0.2) is 5.84 Å². The van der Waals surface area contributed by atoms with Crippen LogP contribution in [-0.4, -0.2) is 12.1 Å². The molecule has 2 rings (SSSR count). The number of amidine groups is 1. The summed E-state index contributed by atoms with van der Waals surface area (Å²) in [5.74, 6) is 0.389. The van der Waals surface area contributed by atoms with Gasteiger partial charge in [-0.1, -0.05) is 30.3 Å². The Morgan fingerprint density at radius 2 is 2.00 bits per heavy atom. The number of nitrogens with two attached hydrogens (primary N) is 1. The summed E-state index contributed by atoms with van der Waals surface area (Å²) in [6, 6.07) is 11.3. The monoisotopic (exact) mass is 213 g/mol. The highest BCUT2D eigenvalue weighted by atomic mass is 16.3. The SMILES string of the molecule is N/C(=N\N=C\c1ccoc1)c1ccccc1. The van der Waals surface area contributed by atoms with Crippen molar-refractivity contribution in [3.05, 3.63) is 60.1 Å². The Morgan fingerprint density at radius 1 is 1.19 bits per heavy atom. The third-order valence-corrected chi connectivity index (χ3v) is 1.99. The van der Waals surface area contributed by atoms with Gasteiger partial charge in [0.25, 0.3) is 0 Å². The lowest BCUT2D eigenvalue weighted by Gasteiger charge is -1.95. The molecule has 80 valence electrons. The number of nitrogens with zero attached hydrogens (tertiary/aromatic N) is 2. The van der Waals surface area contributed by atoms with E-state index in [0.29, 0.717) is 5.84 Å². The Kier molecular flexibility index (Phi) is 3.13. The minimum absolute atomic E-state index is 0.389. The molecule has 0 aliphatic heterocycles. The fourth-order valence-corrected chi connectivity index (χ4v) is 1.17. The smallest absolute Gasteiger partial charge is 0.153 e. The predicted octanol–water partition coefficient (Wildman–Crippen LogP) is 2.02. The van der Waals surface area contributed by atoms with Gasteiger partial charge < -0.3 is 10.2 Å². The fraction of sp³-hybridized carbons (Fsp3) is 0. The molecule has 0 radical (unpaired) electrons. The number of benzene rings is 1. The van der Waals surface area contributed by atoms with Crippen molar-refractivity contribution in [2.75, 3.05) is 0 Å². The van der Waals surface area contributed by atoms with Gasteiger partial charge in [0.1, 0.15) is 0 Å². The second kappa shape index (κ2) is 4.93. The van der Waals surface area contributed by atoms with Gasteiger partial charge in [-0.2, -0.15) is 5.10 Å². The first kappa shape index (κ1) is 10.2. The molecule has 0 saturated carbocycles. The molecule has 0 fully saturated rings. The van der Waals surface area contributed by atoms with Crippen molar-refractivity contribution in [1.29, 1.82) is 0 Å². The standard InChI is InChI=1S/C12H11N3O/c13-12(11-4-2-1-3-5-11)15-14-8-10-6-7-16-9-10/h1-9H,(H2,13,15)/b14-8+. The van der Waals surface area contributed by atoms with Crippen molar-refractivity contribution in [3.63, 3.8) is 0 Å². The summed E-state index contributed by atoms with van der Waals surface area (Å²) < 4.78 is 4.89. The van der Waals surface area contributed by atoms with Crippen molar-refractivity contribution in [3.8, 4) is 0 Å². The minimum atomic E-state index is 0.389. The first-order valence-electron chi connectivity index (χ1n) is 4.80. The zero-order chi connectivity index (χ0) is 11.2. The largest absolute Gasteiger partial charge is 0.472 e. The minimum Gasteiger partial charge on any atom is -0.472 e. The van der Waals surface area contributed by atoms with Crippen LogP contribution >= 0.6 is 0 Å². The molecule has 1 aromatic carbocycles. The molecule has 0 unspecified atom stereocenters. The maximum Gasteiger partial charge on any atom is 0.153 e. The van der Waals surface area contributed by atoms with Crippen LogP contribution in [0.4, 0.5) is 0 Å². The lowest BCUT2D eigenvalue weighted by molar-refractivity contribution is 0.567. The van der Waals surface area contributed by atoms with Gasteiger partial charge in [-0.3, -0.25) is 0 Å². The first-order chi connectivity index (χ1) is 7.86. The van der Waals surface area contributed by atoms with E-state index in [1.54, 1.807) is 24.8 Å². The molecule has 16 heavy (non-hydrogen) atoms. The highest BCUT2D eigenvalue weighted by Gasteiger charge is 1.94. The molecule has 1 heterocycles. The topological polar surface area (TPSA) is 63.9 Å². The van der Waals surface area contributed by atoms with Crippen molar-refractivity contribution in [1.82, 2.24) is 0 Å². The second-order valence-electron chi connectivity index (χ2n) is 3.15. The Morgan fingerprint density at radius 3 is 2.69 bits per heavy atom. The average Bonchev–Trinajstić information content (AvgIpc) is 2.83. The van der Waals surface area contributed by atoms with Crippen LogP contribution in [0.1, 0.15) is 11.1 Å². The van der Waals surface area contributed by atoms with E-state index in [1.165, 1.54) is 0 Å². The first-order valence-corrected chi connectivity index (χ1v) is 4.80. The second-order valence-corrected chi connectivity index (χ2v) is 3.15. The zero-order valence-corrected chi connectivity index (χ0v) is 8.58. The molecule has 4 nitrogen and oxygen atoms in total. The third kappa shape index (κ3) is 2.57.